The van der Waals surface area contributed by atoms with Crippen molar-refractivity contribution in [2.75, 3.05) is 13.1 Å². The highest BCUT2D eigenvalue weighted by Gasteiger charge is 2.17. The lowest BCUT2D eigenvalue weighted by Gasteiger charge is -2.27. The van der Waals surface area contributed by atoms with Gasteiger partial charge in [-0.3, -0.25) is 0 Å². The third kappa shape index (κ3) is 5.36. The minimum Gasteiger partial charge on any atom is -0.316 e. The Morgan fingerprint density at radius 2 is 1.93 bits per heavy atom. The molecule has 0 amide bonds. The van der Waals surface area contributed by atoms with Crippen LogP contribution < -0.4 is 5.32 Å². The third-order valence-electron chi connectivity index (χ3n) is 3.46. The first kappa shape index (κ1) is 12.8. The fraction of sp³-hybridized carbons (Fsp3) is 0.857. The van der Waals surface area contributed by atoms with E-state index in [1.165, 1.54) is 38.6 Å². The van der Waals surface area contributed by atoms with Crippen molar-refractivity contribution in [3.05, 3.63) is 12.7 Å². The van der Waals surface area contributed by atoms with Crippen molar-refractivity contribution in [3.63, 3.8) is 0 Å². The van der Waals surface area contributed by atoms with Gasteiger partial charge in [0.1, 0.15) is 0 Å². The molecule has 0 aliphatic heterocycles. The SMILES string of the molecule is C=CCC(C)(C)CNCC1CCCCC1. The molecule has 1 heteroatoms. The zero-order valence-electron chi connectivity index (χ0n) is 10.5. The summed E-state index contributed by atoms with van der Waals surface area (Å²) < 4.78 is 0. The van der Waals surface area contributed by atoms with Gasteiger partial charge < -0.3 is 5.32 Å². The van der Waals surface area contributed by atoms with Crippen molar-refractivity contribution in [2.24, 2.45) is 11.3 Å². The lowest BCUT2D eigenvalue weighted by Crippen LogP contribution is -2.33. The Kier molecular flexibility index (Phi) is 5.38. The molecule has 1 aliphatic carbocycles. The molecule has 0 aromatic heterocycles. The second kappa shape index (κ2) is 6.32. The van der Waals surface area contributed by atoms with E-state index in [0.29, 0.717) is 5.41 Å². The van der Waals surface area contributed by atoms with Gasteiger partial charge in [0.2, 0.25) is 0 Å². The molecule has 15 heavy (non-hydrogen) atoms. The van der Waals surface area contributed by atoms with Gasteiger partial charge in [0, 0.05) is 6.54 Å². The van der Waals surface area contributed by atoms with Gasteiger partial charge in [-0.1, -0.05) is 39.2 Å². The molecular weight excluding hydrogens is 182 g/mol. The predicted octanol–water partition coefficient (Wildman–Crippen LogP) is 3.76. The third-order valence-corrected chi connectivity index (χ3v) is 3.46. The number of hydrogen-bond donors (Lipinski definition) is 1. The lowest BCUT2D eigenvalue weighted by atomic mass is 9.87. The normalized spacial score (nSPS) is 19.1. The summed E-state index contributed by atoms with van der Waals surface area (Å²) in [7, 11) is 0. The molecule has 1 nitrogen and oxygen atoms in total. The summed E-state index contributed by atoms with van der Waals surface area (Å²) in [5, 5.41) is 3.63. The molecule has 0 radical (unpaired) electrons. The maximum Gasteiger partial charge on any atom is 0.000560 e. The maximum atomic E-state index is 3.82. The molecule has 1 fully saturated rings. The van der Waals surface area contributed by atoms with E-state index in [4.69, 9.17) is 0 Å². The van der Waals surface area contributed by atoms with E-state index in [9.17, 15) is 0 Å². The maximum absolute atomic E-state index is 3.82. The molecule has 0 aromatic carbocycles. The number of hydrogen-bond acceptors (Lipinski definition) is 1. The highest BCUT2D eigenvalue weighted by atomic mass is 14.9. The van der Waals surface area contributed by atoms with Gasteiger partial charge in [-0.2, -0.15) is 0 Å². The van der Waals surface area contributed by atoms with Gasteiger partial charge in [-0.15, -0.1) is 6.58 Å². The molecule has 0 saturated heterocycles. The van der Waals surface area contributed by atoms with Crippen molar-refractivity contribution in [1.82, 2.24) is 5.32 Å². The summed E-state index contributed by atoms with van der Waals surface area (Å²) >= 11 is 0. The van der Waals surface area contributed by atoms with Crippen LogP contribution in [0, 0.1) is 11.3 Å². The van der Waals surface area contributed by atoms with Gasteiger partial charge in [0.15, 0.2) is 0 Å². The van der Waals surface area contributed by atoms with E-state index in [0.717, 1.165) is 18.9 Å². The van der Waals surface area contributed by atoms with Crippen molar-refractivity contribution in [1.29, 1.82) is 0 Å². The fourth-order valence-electron chi connectivity index (χ4n) is 2.47. The van der Waals surface area contributed by atoms with Crippen LogP contribution in [-0.2, 0) is 0 Å². The molecule has 0 atom stereocenters. The van der Waals surface area contributed by atoms with Gasteiger partial charge >= 0.3 is 0 Å². The van der Waals surface area contributed by atoms with Crippen molar-refractivity contribution in [3.8, 4) is 0 Å². The summed E-state index contributed by atoms with van der Waals surface area (Å²) in [4.78, 5) is 0. The Morgan fingerprint density at radius 1 is 1.27 bits per heavy atom. The summed E-state index contributed by atoms with van der Waals surface area (Å²) in [6, 6.07) is 0. The molecule has 0 spiro atoms. The molecule has 0 bridgehead atoms. The highest BCUT2D eigenvalue weighted by Crippen LogP contribution is 2.24. The minimum atomic E-state index is 0.371. The van der Waals surface area contributed by atoms with E-state index < -0.39 is 0 Å². The first-order valence-electron chi connectivity index (χ1n) is 6.46. The molecule has 0 aromatic rings. The van der Waals surface area contributed by atoms with Crippen LogP contribution in [0.5, 0.6) is 0 Å². The van der Waals surface area contributed by atoms with Gasteiger partial charge in [0.05, 0.1) is 0 Å². The first-order valence-corrected chi connectivity index (χ1v) is 6.46. The average Bonchev–Trinajstić information content (AvgIpc) is 2.19. The molecular formula is C14H27N. The van der Waals surface area contributed by atoms with Crippen LogP contribution in [0.25, 0.3) is 0 Å². The van der Waals surface area contributed by atoms with Crippen LogP contribution in [0.15, 0.2) is 12.7 Å². The zero-order valence-corrected chi connectivity index (χ0v) is 10.5. The molecule has 88 valence electrons. The van der Waals surface area contributed by atoms with Crippen LogP contribution in [0.4, 0.5) is 0 Å². The average molecular weight is 209 g/mol. The monoisotopic (exact) mass is 209 g/mol. The number of nitrogens with one attached hydrogen (secondary N) is 1. The fourth-order valence-corrected chi connectivity index (χ4v) is 2.47. The molecule has 0 heterocycles. The Labute approximate surface area is 95.3 Å². The van der Waals surface area contributed by atoms with Gasteiger partial charge in [0.25, 0.3) is 0 Å². The predicted molar refractivity (Wildman–Crippen MR) is 68.0 cm³/mol. The standard InChI is InChI=1S/C14H27N/c1-4-10-14(2,3)12-15-11-13-8-6-5-7-9-13/h4,13,15H,1,5-12H2,2-3H3. The van der Waals surface area contributed by atoms with E-state index in [2.05, 4.69) is 25.7 Å². The van der Waals surface area contributed by atoms with Crippen LogP contribution in [-0.4, -0.2) is 13.1 Å². The smallest absolute Gasteiger partial charge is 0.000560 e. The molecule has 1 rings (SSSR count). The highest BCUT2D eigenvalue weighted by molar-refractivity contribution is 4.81. The lowest BCUT2D eigenvalue weighted by molar-refractivity contribution is 0.298. The van der Waals surface area contributed by atoms with Crippen LogP contribution in [0.2, 0.25) is 0 Å². The largest absolute Gasteiger partial charge is 0.316 e. The molecule has 1 N–H and O–H groups in total. The van der Waals surface area contributed by atoms with E-state index in [-0.39, 0.29) is 0 Å². The Morgan fingerprint density at radius 3 is 2.53 bits per heavy atom. The summed E-state index contributed by atoms with van der Waals surface area (Å²) in [5.41, 5.74) is 0.371. The number of rotatable bonds is 6. The van der Waals surface area contributed by atoms with Crippen molar-refractivity contribution >= 4 is 0 Å². The second-order valence-electron chi connectivity index (χ2n) is 5.79. The number of allylic oxidation sites excluding steroid dienone is 1. The Bertz CT molecular complexity index is 178. The summed E-state index contributed by atoms with van der Waals surface area (Å²) in [6.45, 7) is 10.8. The van der Waals surface area contributed by atoms with Gasteiger partial charge in [-0.25, -0.2) is 0 Å². The van der Waals surface area contributed by atoms with E-state index >= 15 is 0 Å². The molecule has 1 aliphatic rings. The zero-order chi connectivity index (χ0) is 11.1. The van der Waals surface area contributed by atoms with Crippen LogP contribution in [0.3, 0.4) is 0 Å². The summed E-state index contributed by atoms with van der Waals surface area (Å²) in [6.07, 6.45) is 10.4. The van der Waals surface area contributed by atoms with Crippen LogP contribution in [0.1, 0.15) is 52.4 Å². The Balaban J connectivity index is 2.11. The second-order valence-corrected chi connectivity index (χ2v) is 5.79. The van der Waals surface area contributed by atoms with Crippen molar-refractivity contribution < 1.29 is 0 Å². The van der Waals surface area contributed by atoms with Gasteiger partial charge in [-0.05, 0) is 37.1 Å². The topological polar surface area (TPSA) is 12.0 Å². The minimum absolute atomic E-state index is 0.371. The van der Waals surface area contributed by atoms with Crippen LogP contribution >= 0.6 is 0 Å². The Hall–Kier alpha value is -0.300. The summed E-state index contributed by atoms with van der Waals surface area (Å²) in [5.74, 6) is 0.943. The molecule has 0 unspecified atom stereocenters. The quantitative estimate of drug-likeness (QED) is 0.657. The van der Waals surface area contributed by atoms with Crippen molar-refractivity contribution in [2.45, 2.75) is 52.4 Å². The van der Waals surface area contributed by atoms with E-state index in [1.54, 1.807) is 0 Å². The molecule has 1 saturated carbocycles. The van der Waals surface area contributed by atoms with E-state index in [1.807, 2.05) is 6.08 Å². The first-order chi connectivity index (χ1) is 7.14.